The van der Waals surface area contributed by atoms with E-state index < -0.39 is 0 Å². The fourth-order valence-electron chi connectivity index (χ4n) is 2.26. The second-order valence-electron chi connectivity index (χ2n) is 5.62. The highest BCUT2D eigenvalue weighted by Gasteiger charge is 2.15. The van der Waals surface area contributed by atoms with E-state index in [9.17, 15) is 4.79 Å². The molecule has 0 heterocycles. The third-order valence-electron chi connectivity index (χ3n) is 3.38. The zero-order valence-electron chi connectivity index (χ0n) is 14.3. The van der Waals surface area contributed by atoms with Crippen molar-refractivity contribution in [3.05, 3.63) is 42.0 Å². The molecule has 0 bridgehead atoms. The summed E-state index contributed by atoms with van der Waals surface area (Å²) < 4.78 is 10.6. The molecular weight excluding hydrogens is 306 g/mol. The number of anilines is 3. The van der Waals surface area contributed by atoms with Crippen LogP contribution in [0.1, 0.15) is 24.2 Å². The van der Waals surface area contributed by atoms with Crippen LogP contribution >= 0.6 is 0 Å². The van der Waals surface area contributed by atoms with E-state index in [-0.39, 0.29) is 11.9 Å². The van der Waals surface area contributed by atoms with Gasteiger partial charge in [0.05, 0.1) is 31.2 Å². The second kappa shape index (κ2) is 7.59. The number of nitrogen functional groups attached to an aromatic ring is 1. The second-order valence-corrected chi connectivity index (χ2v) is 5.62. The molecule has 0 aliphatic carbocycles. The highest BCUT2D eigenvalue weighted by molar-refractivity contribution is 6.01. The van der Waals surface area contributed by atoms with E-state index in [1.165, 1.54) is 0 Å². The molecule has 0 fully saturated rings. The van der Waals surface area contributed by atoms with Gasteiger partial charge in [-0.3, -0.25) is 4.79 Å². The van der Waals surface area contributed by atoms with Crippen molar-refractivity contribution >= 4 is 23.0 Å². The van der Waals surface area contributed by atoms with Crippen molar-refractivity contribution in [3.63, 3.8) is 0 Å². The number of amides is 1. The van der Waals surface area contributed by atoms with Crippen LogP contribution in [0, 0.1) is 0 Å². The minimum Gasteiger partial charge on any atom is -0.497 e. The number of benzene rings is 2. The Morgan fingerprint density at radius 3 is 2.42 bits per heavy atom. The third kappa shape index (κ3) is 4.10. The summed E-state index contributed by atoms with van der Waals surface area (Å²) in [4.78, 5) is 12.4. The van der Waals surface area contributed by atoms with Crippen LogP contribution in [-0.4, -0.2) is 26.2 Å². The van der Waals surface area contributed by atoms with Crippen molar-refractivity contribution in [1.82, 2.24) is 5.32 Å². The number of hydrogen-bond donors (Lipinski definition) is 3. The lowest BCUT2D eigenvalue weighted by Gasteiger charge is -2.17. The summed E-state index contributed by atoms with van der Waals surface area (Å²) in [7, 11) is 3.18. The van der Waals surface area contributed by atoms with E-state index in [1.807, 2.05) is 13.8 Å². The molecule has 0 aliphatic heterocycles. The van der Waals surface area contributed by atoms with Gasteiger partial charge in [-0.2, -0.15) is 0 Å². The minimum absolute atomic E-state index is 0.0261. The molecule has 0 saturated heterocycles. The number of nitrogens with one attached hydrogen (secondary N) is 2. The van der Waals surface area contributed by atoms with Crippen molar-refractivity contribution in [2.75, 3.05) is 25.3 Å². The Balaban J connectivity index is 2.41. The molecular formula is C18H23N3O3. The van der Waals surface area contributed by atoms with E-state index in [2.05, 4.69) is 10.6 Å². The van der Waals surface area contributed by atoms with Gasteiger partial charge in [0.15, 0.2) is 0 Å². The minimum atomic E-state index is -0.193. The average Bonchev–Trinajstić information content (AvgIpc) is 2.55. The predicted molar refractivity (Wildman–Crippen MR) is 96.3 cm³/mol. The van der Waals surface area contributed by atoms with Gasteiger partial charge in [-0.05, 0) is 44.2 Å². The Hall–Kier alpha value is -2.89. The van der Waals surface area contributed by atoms with E-state index in [0.29, 0.717) is 34.1 Å². The van der Waals surface area contributed by atoms with Crippen molar-refractivity contribution in [2.24, 2.45) is 0 Å². The van der Waals surface area contributed by atoms with Gasteiger partial charge in [-0.1, -0.05) is 0 Å². The highest BCUT2D eigenvalue weighted by Crippen LogP contribution is 2.33. The molecule has 0 radical (unpaired) electrons. The number of ether oxygens (including phenoxy) is 2. The van der Waals surface area contributed by atoms with Crippen molar-refractivity contribution in [1.29, 1.82) is 0 Å². The number of rotatable bonds is 6. The molecule has 6 heteroatoms. The molecule has 128 valence electrons. The summed E-state index contributed by atoms with van der Waals surface area (Å²) in [5.74, 6) is 1.13. The summed E-state index contributed by atoms with van der Waals surface area (Å²) >= 11 is 0. The summed E-state index contributed by atoms with van der Waals surface area (Å²) in [5, 5.41) is 6.10. The van der Waals surface area contributed by atoms with E-state index >= 15 is 0 Å². The van der Waals surface area contributed by atoms with Crippen LogP contribution in [0.25, 0.3) is 0 Å². The smallest absolute Gasteiger partial charge is 0.253 e. The Kier molecular flexibility index (Phi) is 5.52. The SMILES string of the molecule is COc1ccc(OC)c(Nc2ccc(N)cc2C(=O)NC(C)C)c1. The van der Waals surface area contributed by atoms with E-state index in [4.69, 9.17) is 15.2 Å². The van der Waals surface area contributed by atoms with Crippen LogP contribution in [0.5, 0.6) is 11.5 Å². The lowest BCUT2D eigenvalue weighted by atomic mass is 10.1. The first-order valence-corrected chi connectivity index (χ1v) is 7.64. The summed E-state index contributed by atoms with van der Waals surface area (Å²) in [6, 6.07) is 10.6. The van der Waals surface area contributed by atoms with Crippen molar-refractivity contribution < 1.29 is 14.3 Å². The predicted octanol–water partition coefficient (Wildman–Crippen LogP) is 3.17. The molecule has 0 saturated carbocycles. The number of carbonyl (C=O) groups excluding carboxylic acids is 1. The molecule has 0 spiro atoms. The van der Waals surface area contributed by atoms with Gasteiger partial charge in [0, 0.05) is 17.8 Å². The fourth-order valence-corrected chi connectivity index (χ4v) is 2.26. The van der Waals surface area contributed by atoms with Gasteiger partial charge < -0.3 is 25.8 Å². The standard InChI is InChI=1S/C18H23N3O3/c1-11(2)20-18(22)14-9-12(19)5-7-15(14)21-16-10-13(23-3)6-8-17(16)24-4/h5-11,21H,19H2,1-4H3,(H,20,22). The number of carbonyl (C=O) groups is 1. The molecule has 1 amide bonds. The summed E-state index contributed by atoms with van der Waals surface area (Å²) in [6.07, 6.45) is 0. The van der Waals surface area contributed by atoms with Crippen LogP contribution in [0.4, 0.5) is 17.1 Å². The molecule has 24 heavy (non-hydrogen) atoms. The van der Waals surface area contributed by atoms with Gasteiger partial charge in [-0.15, -0.1) is 0 Å². The largest absolute Gasteiger partial charge is 0.497 e. The molecule has 0 unspecified atom stereocenters. The average molecular weight is 329 g/mol. The number of nitrogens with two attached hydrogens (primary N) is 1. The monoisotopic (exact) mass is 329 g/mol. The first-order valence-electron chi connectivity index (χ1n) is 7.64. The Bertz CT molecular complexity index is 729. The maximum atomic E-state index is 12.4. The zero-order chi connectivity index (χ0) is 17.7. The van der Waals surface area contributed by atoms with Gasteiger partial charge >= 0.3 is 0 Å². The lowest BCUT2D eigenvalue weighted by Crippen LogP contribution is -2.30. The molecule has 2 aromatic carbocycles. The van der Waals surface area contributed by atoms with E-state index in [1.54, 1.807) is 50.6 Å². The maximum absolute atomic E-state index is 12.4. The molecule has 0 aromatic heterocycles. The molecule has 0 atom stereocenters. The van der Waals surface area contributed by atoms with Crippen LogP contribution in [0.3, 0.4) is 0 Å². The molecule has 4 N–H and O–H groups in total. The van der Waals surface area contributed by atoms with Gasteiger partial charge in [0.25, 0.3) is 5.91 Å². The van der Waals surface area contributed by atoms with Gasteiger partial charge in [-0.25, -0.2) is 0 Å². The fraction of sp³-hybridized carbons (Fsp3) is 0.278. The van der Waals surface area contributed by atoms with Crippen LogP contribution in [0.15, 0.2) is 36.4 Å². The van der Waals surface area contributed by atoms with E-state index in [0.717, 1.165) is 0 Å². The summed E-state index contributed by atoms with van der Waals surface area (Å²) in [6.45, 7) is 3.81. The van der Waals surface area contributed by atoms with Gasteiger partial charge in [0.1, 0.15) is 11.5 Å². The van der Waals surface area contributed by atoms with Crippen molar-refractivity contribution in [3.8, 4) is 11.5 Å². The van der Waals surface area contributed by atoms with Crippen LogP contribution < -0.4 is 25.8 Å². The topological polar surface area (TPSA) is 85.6 Å². The lowest BCUT2D eigenvalue weighted by molar-refractivity contribution is 0.0944. The number of hydrogen-bond acceptors (Lipinski definition) is 5. The molecule has 2 rings (SSSR count). The third-order valence-corrected chi connectivity index (χ3v) is 3.38. The zero-order valence-corrected chi connectivity index (χ0v) is 14.3. The van der Waals surface area contributed by atoms with Gasteiger partial charge in [0.2, 0.25) is 0 Å². The molecule has 2 aromatic rings. The Morgan fingerprint density at radius 1 is 1.04 bits per heavy atom. The molecule has 0 aliphatic rings. The maximum Gasteiger partial charge on any atom is 0.253 e. The molecule has 6 nitrogen and oxygen atoms in total. The van der Waals surface area contributed by atoms with Crippen LogP contribution in [0.2, 0.25) is 0 Å². The highest BCUT2D eigenvalue weighted by atomic mass is 16.5. The van der Waals surface area contributed by atoms with Crippen LogP contribution in [-0.2, 0) is 0 Å². The normalized spacial score (nSPS) is 10.4. The first kappa shape index (κ1) is 17.5. The Morgan fingerprint density at radius 2 is 1.79 bits per heavy atom. The Labute approximate surface area is 142 Å². The van der Waals surface area contributed by atoms with Crippen molar-refractivity contribution in [2.45, 2.75) is 19.9 Å². The quantitative estimate of drug-likeness (QED) is 0.709. The summed E-state index contributed by atoms with van der Waals surface area (Å²) in [5.41, 5.74) is 8.15. The number of methoxy groups -OCH3 is 2. The first-order chi connectivity index (χ1) is 11.4.